The van der Waals surface area contributed by atoms with Crippen LogP contribution in [-0.4, -0.2) is 65.4 Å². The van der Waals surface area contributed by atoms with Crippen molar-refractivity contribution in [2.75, 3.05) is 43.1 Å². The molecule has 180 valence electrons. The summed E-state index contributed by atoms with van der Waals surface area (Å²) in [6, 6.07) is 16.6. The van der Waals surface area contributed by atoms with Gasteiger partial charge in [0.15, 0.2) is 5.65 Å². The highest BCUT2D eigenvalue weighted by Crippen LogP contribution is 2.31. The number of epoxide rings is 1. The molecule has 2 N–H and O–H groups in total. The zero-order valence-electron chi connectivity index (χ0n) is 19.7. The van der Waals surface area contributed by atoms with Crippen molar-refractivity contribution in [2.45, 2.75) is 25.2 Å². The number of nitrogens with zero attached hydrogens (tertiary/aromatic N) is 6. The van der Waals surface area contributed by atoms with Crippen molar-refractivity contribution in [1.29, 1.82) is 0 Å². The van der Waals surface area contributed by atoms with E-state index in [0.717, 1.165) is 73.0 Å². The van der Waals surface area contributed by atoms with Crippen LogP contribution < -0.4 is 20.3 Å². The Morgan fingerprint density at radius 3 is 2.63 bits per heavy atom. The summed E-state index contributed by atoms with van der Waals surface area (Å²) in [5.41, 5.74) is 9.93. The average Bonchev–Trinajstić information content (AvgIpc) is 3.45. The van der Waals surface area contributed by atoms with Crippen molar-refractivity contribution in [3.05, 3.63) is 66.6 Å². The monoisotopic (exact) mass is 471 g/mol. The second kappa shape index (κ2) is 9.16. The quantitative estimate of drug-likeness (QED) is 0.411. The van der Waals surface area contributed by atoms with Crippen LogP contribution in [0.2, 0.25) is 0 Å². The maximum atomic E-state index is 5.76. The zero-order chi connectivity index (χ0) is 23.8. The Kier molecular flexibility index (Phi) is 5.71. The van der Waals surface area contributed by atoms with Gasteiger partial charge in [0.25, 0.3) is 0 Å². The van der Waals surface area contributed by atoms with Crippen LogP contribution >= 0.6 is 0 Å². The predicted octanol–water partition coefficient (Wildman–Crippen LogP) is 2.77. The smallest absolute Gasteiger partial charge is 0.168 e. The molecule has 0 aliphatic carbocycles. The minimum Gasteiger partial charge on any atom is -0.495 e. The number of fused-ring (bicyclic) bond motifs is 1. The molecule has 0 bridgehead atoms. The van der Waals surface area contributed by atoms with E-state index >= 15 is 0 Å². The predicted molar refractivity (Wildman–Crippen MR) is 135 cm³/mol. The number of rotatable bonds is 7. The highest BCUT2D eigenvalue weighted by molar-refractivity contribution is 5.87. The fraction of sp³-hybridized carbons (Fsp3) is 0.346. The first-order valence-corrected chi connectivity index (χ1v) is 12.0. The van der Waals surface area contributed by atoms with Gasteiger partial charge in [-0.15, -0.1) is 0 Å². The molecule has 2 saturated heterocycles. The van der Waals surface area contributed by atoms with Crippen LogP contribution in [0.15, 0.2) is 61.1 Å². The lowest BCUT2D eigenvalue weighted by Crippen LogP contribution is -2.47. The van der Waals surface area contributed by atoms with Gasteiger partial charge in [-0.05, 0) is 42.7 Å². The number of aromatic nitrogens is 4. The van der Waals surface area contributed by atoms with Crippen molar-refractivity contribution in [2.24, 2.45) is 5.73 Å². The third-order valence-electron chi connectivity index (χ3n) is 6.84. The van der Waals surface area contributed by atoms with E-state index in [1.807, 2.05) is 23.0 Å². The first-order chi connectivity index (χ1) is 17.2. The lowest BCUT2D eigenvalue weighted by molar-refractivity contribution is 0.366. The summed E-state index contributed by atoms with van der Waals surface area (Å²) < 4.78 is 12.8. The van der Waals surface area contributed by atoms with Gasteiger partial charge in [-0.1, -0.05) is 24.3 Å². The van der Waals surface area contributed by atoms with Crippen molar-refractivity contribution >= 4 is 22.5 Å². The van der Waals surface area contributed by atoms with E-state index in [4.69, 9.17) is 15.2 Å². The molecule has 9 heteroatoms. The molecule has 4 heterocycles. The lowest BCUT2D eigenvalue weighted by atomic mass is 10.1. The Morgan fingerprint density at radius 1 is 1.03 bits per heavy atom. The number of ether oxygens (including phenoxy) is 2. The first kappa shape index (κ1) is 21.8. The number of para-hydroxylation sites is 2. The summed E-state index contributed by atoms with van der Waals surface area (Å²) in [5, 5.41) is 5.64. The first-order valence-electron chi connectivity index (χ1n) is 12.0. The van der Waals surface area contributed by atoms with E-state index in [9.17, 15) is 0 Å². The molecule has 6 rings (SSSR count). The zero-order valence-corrected chi connectivity index (χ0v) is 19.7. The van der Waals surface area contributed by atoms with Crippen LogP contribution in [0.1, 0.15) is 12.0 Å². The number of methoxy groups -OCH3 is 1. The third-order valence-corrected chi connectivity index (χ3v) is 6.84. The Labute approximate surface area is 204 Å². The van der Waals surface area contributed by atoms with Gasteiger partial charge < -0.3 is 25.0 Å². The lowest BCUT2D eigenvalue weighted by Gasteiger charge is -2.37. The van der Waals surface area contributed by atoms with Gasteiger partial charge in [-0.2, -0.15) is 5.10 Å². The topological polar surface area (TPSA) is 97.9 Å². The van der Waals surface area contributed by atoms with Crippen molar-refractivity contribution in [1.82, 2.24) is 19.7 Å². The number of nitrogens with two attached hydrogens (primary N) is 1. The van der Waals surface area contributed by atoms with Crippen molar-refractivity contribution in [3.63, 3.8) is 0 Å². The summed E-state index contributed by atoms with van der Waals surface area (Å²) in [4.78, 5) is 13.9. The molecule has 2 aromatic carbocycles. The SMILES string of the molecule is COc1ccccc1N1CCN(c2ncnc3c2cnn3-c2cccc(CCC3OC3N)c2)CC1. The molecule has 0 saturated carbocycles. The van der Waals surface area contributed by atoms with Crippen LogP contribution in [0.4, 0.5) is 11.5 Å². The van der Waals surface area contributed by atoms with E-state index in [1.54, 1.807) is 13.4 Å². The normalized spacial score (nSPS) is 19.8. The fourth-order valence-electron chi connectivity index (χ4n) is 4.86. The molecule has 0 spiro atoms. The summed E-state index contributed by atoms with van der Waals surface area (Å²) >= 11 is 0. The molecule has 2 aliphatic heterocycles. The Balaban J connectivity index is 1.21. The Hall–Kier alpha value is -3.69. The molecule has 35 heavy (non-hydrogen) atoms. The standard InChI is InChI=1S/C26H29N7O2/c1-34-22-8-3-2-7-21(22)31-11-13-32(14-12-31)25-20-16-30-33(26(20)29-17-28-25)19-6-4-5-18(15-19)9-10-23-24(27)35-23/h2-8,15-17,23-24H,9-14,27H2,1H3. The Morgan fingerprint density at radius 2 is 1.83 bits per heavy atom. The molecular formula is C26H29N7O2. The van der Waals surface area contributed by atoms with E-state index in [0.29, 0.717) is 0 Å². The molecule has 2 aromatic heterocycles. The largest absolute Gasteiger partial charge is 0.495 e. The number of benzene rings is 2. The number of piperazine rings is 1. The van der Waals surface area contributed by atoms with Gasteiger partial charge in [0.2, 0.25) is 0 Å². The molecule has 2 unspecified atom stereocenters. The van der Waals surface area contributed by atoms with Crippen LogP contribution in [0, 0.1) is 0 Å². The maximum absolute atomic E-state index is 5.76. The summed E-state index contributed by atoms with van der Waals surface area (Å²) in [7, 11) is 1.72. The maximum Gasteiger partial charge on any atom is 0.168 e. The summed E-state index contributed by atoms with van der Waals surface area (Å²) in [5.74, 6) is 1.83. The van der Waals surface area contributed by atoms with Gasteiger partial charge in [0.1, 0.15) is 24.1 Å². The van der Waals surface area contributed by atoms with Crippen molar-refractivity contribution in [3.8, 4) is 11.4 Å². The molecule has 2 atom stereocenters. The van der Waals surface area contributed by atoms with Crippen LogP contribution in [0.25, 0.3) is 16.7 Å². The average molecular weight is 472 g/mol. The van der Waals surface area contributed by atoms with E-state index < -0.39 is 0 Å². The third kappa shape index (κ3) is 4.28. The highest BCUT2D eigenvalue weighted by Gasteiger charge is 2.34. The molecule has 4 aromatic rings. The second-order valence-electron chi connectivity index (χ2n) is 8.98. The number of aryl methyl sites for hydroxylation is 1. The Bertz CT molecular complexity index is 1330. The molecule has 2 aliphatic rings. The van der Waals surface area contributed by atoms with E-state index in [2.05, 4.69) is 61.3 Å². The van der Waals surface area contributed by atoms with Gasteiger partial charge >= 0.3 is 0 Å². The molecular weight excluding hydrogens is 442 g/mol. The van der Waals surface area contributed by atoms with E-state index in [1.165, 1.54) is 5.56 Å². The van der Waals surface area contributed by atoms with Gasteiger partial charge in [0.05, 0.1) is 36.2 Å². The summed E-state index contributed by atoms with van der Waals surface area (Å²) in [6.45, 7) is 3.49. The van der Waals surface area contributed by atoms with E-state index in [-0.39, 0.29) is 12.3 Å². The van der Waals surface area contributed by atoms with Gasteiger partial charge in [-0.25, -0.2) is 14.6 Å². The highest BCUT2D eigenvalue weighted by atomic mass is 16.6. The fourth-order valence-corrected chi connectivity index (χ4v) is 4.86. The molecule has 0 amide bonds. The molecule has 9 nitrogen and oxygen atoms in total. The second-order valence-corrected chi connectivity index (χ2v) is 8.98. The van der Waals surface area contributed by atoms with Crippen LogP contribution in [-0.2, 0) is 11.2 Å². The van der Waals surface area contributed by atoms with Gasteiger partial charge in [-0.3, -0.25) is 0 Å². The van der Waals surface area contributed by atoms with Crippen LogP contribution in [0.3, 0.4) is 0 Å². The number of hydrogen-bond acceptors (Lipinski definition) is 8. The molecule has 2 fully saturated rings. The van der Waals surface area contributed by atoms with Gasteiger partial charge in [0, 0.05) is 26.2 Å². The minimum atomic E-state index is -0.0973. The number of anilines is 2. The van der Waals surface area contributed by atoms with Crippen LogP contribution in [0.5, 0.6) is 5.75 Å². The summed E-state index contributed by atoms with van der Waals surface area (Å²) in [6.07, 6.45) is 5.45. The number of hydrogen-bond donors (Lipinski definition) is 1. The van der Waals surface area contributed by atoms with Crippen molar-refractivity contribution < 1.29 is 9.47 Å². The minimum absolute atomic E-state index is 0.0973. The molecule has 0 radical (unpaired) electrons.